The van der Waals surface area contributed by atoms with Crippen molar-refractivity contribution in [2.45, 2.75) is 64.3 Å². The first-order valence-electron chi connectivity index (χ1n) is 11.9. The SMILES string of the molecule is C=CNCCCCCCCCNc1ccccc1C(=C)N(C(=C)C)C1CCC(=C)NC1=C. The van der Waals surface area contributed by atoms with Gasteiger partial charge in [-0.15, -0.1) is 0 Å². The molecule has 1 aromatic carbocycles. The van der Waals surface area contributed by atoms with Crippen molar-refractivity contribution in [3.8, 4) is 0 Å². The van der Waals surface area contributed by atoms with Gasteiger partial charge in [-0.3, -0.25) is 0 Å². The third kappa shape index (κ3) is 7.67. The van der Waals surface area contributed by atoms with E-state index in [4.69, 9.17) is 0 Å². The highest BCUT2D eigenvalue weighted by Gasteiger charge is 2.28. The molecule has 1 aromatic rings. The summed E-state index contributed by atoms with van der Waals surface area (Å²) < 4.78 is 0. The first-order chi connectivity index (χ1) is 15.5. The Labute approximate surface area is 195 Å². The molecule has 0 amide bonds. The molecule has 1 aliphatic rings. The van der Waals surface area contributed by atoms with Gasteiger partial charge >= 0.3 is 0 Å². The molecule has 32 heavy (non-hydrogen) atoms. The maximum Gasteiger partial charge on any atom is 0.0734 e. The van der Waals surface area contributed by atoms with E-state index in [2.05, 4.69) is 78.0 Å². The Bertz CT molecular complexity index is 807. The monoisotopic (exact) mass is 434 g/mol. The van der Waals surface area contributed by atoms with E-state index in [1.807, 2.05) is 6.92 Å². The molecule has 0 radical (unpaired) electrons. The van der Waals surface area contributed by atoms with Gasteiger partial charge in [0.15, 0.2) is 0 Å². The summed E-state index contributed by atoms with van der Waals surface area (Å²) in [5.74, 6) is 0. The lowest BCUT2D eigenvalue weighted by Crippen LogP contribution is -2.40. The molecule has 2 rings (SSSR count). The maximum atomic E-state index is 4.46. The number of nitrogens with zero attached hydrogens (tertiary/aromatic N) is 1. The summed E-state index contributed by atoms with van der Waals surface area (Å²) in [4.78, 5) is 2.21. The zero-order valence-corrected chi connectivity index (χ0v) is 20.0. The number of hydrogen-bond acceptors (Lipinski definition) is 4. The summed E-state index contributed by atoms with van der Waals surface area (Å²) in [7, 11) is 0. The van der Waals surface area contributed by atoms with Gasteiger partial charge in [0, 0.05) is 47.1 Å². The van der Waals surface area contributed by atoms with E-state index in [0.717, 1.165) is 60.0 Å². The Balaban J connectivity index is 1.90. The van der Waals surface area contributed by atoms with Crippen LogP contribution in [0.2, 0.25) is 0 Å². The molecule has 1 saturated heterocycles. The molecule has 1 heterocycles. The van der Waals surface area contributed by atoms with Crippen molar-refractivity contribution >= 4 is 11.4 Å². The number of anilines is 1. The molecule has 174 valence electrons. The van der Waals surface area contributed by atoms with Crippen LogP contribution >= 0.6 is 0 Å². The third-order valence-electron chi connectivity index (χ3n) is 5.92. The van der Waals surface area contributed by atoms with Crippen LogP contribution in [0.3, 0.4) is 0 Å². The molecule has 0 spiro atoms. The van der Waals surface area contributed by atoms with Gasteiger partial charge in [-0.2, -0.15) is 0 Å². The summed E-state index contributed by atoms with van der Waals surface area (Å²) >= 11 is 0. The molecule has 0 aliphatic carbocycles. The van der Waals surface area contributed by atoms with Gasteiger partial charge in [0.25, 0.3) is 0 Å². The average Bonchev–Trinajstić information content (AvgIpc) is 2.76. The molecule has 4 nitrogen and oxygen atoms in total. The smallest absolute Gasteiger partial charge is 0.0734 e. The van der Waals surface area contributed by atoms with Crippen LogP contribution in [-0.4, -0.2) is 24.0 Å². The van der Waals surface area contributed by atoms with Crippen molar-refractivity contribution in [2.75, 3.05) is 18.4 Å². The minimum atomic E-state index is 0.125. The van der Waals surface area contributed by atoms with E-state index >= 15 is 0 Å². The van der Waals surface area contributed by atoms with E-state index in [-0.39, 0.29) is 6.04 Å². The lowest BCUT2D eigenvalue weighted by atomic mass is 9.98. The number of unbranched alkanes of at least 4 members (excludes halogenated alkanes) is 5. The Morgan fingerprint density at radius 2 is 1.72 bits per heavy atom. The Morgan fingerprint density at radius 1 is 1.06 bits per heavy atom. The second-order valence-electron chi connectivity index (χ2n) is 8.61. The highest BCUT2D eigenvalue weighted by molar-refractivity contribution is 5.75. The fraction of sp³-hybridized carbons (Fsp3) is 0.429. The molecule has 1 fully saturated rings. The largest absolute Gasteiger partial charge is 0.391 e. The standard InChI is InChI=1S/C28H42N4/c1-7-29-20-14-10-8-9-11-15-21-30-27-17-13-12-16-26(27)25(6)32(22(2)3)28-19-18-23(4)31-24(28)5/h7,12-13,16-17,28-31H,1-2,4-6,8-11,14-15,18-21H2,3H3. The molecule has 0 saturated carbocycles. The van der Waals surface area contributed by atoms with Gasteiger partial charge in [-0.25, -0.2) is 0 Å². The number of para-hydroxylation sites is 1. The molecular formula is C28H42N4. The Kier molecular flexibility index (Phi) is 10.7. The van der Waals surface area contributed by atoms with Crippen LogP contribution in [0.15, 0.2) is 80.5 Å². The molecule has 1 aliphatic heterocycles. The van der Waals surface area contributed by atoms with E-state index in [1.165, 1.54) is 38.5 Å². The Morgan fingerprint density at radius 3 is 2.38 bits per heavy atom. The topological polar surface area (TPSA) is 39.3 Å². The van der Waals surface area contributed by atoms with Crippen molar-refractivity contribution in [3.05, 3.63) is 86.0 Å². The predicted octanol–water partition coefficient (Wildman–Crippen LogP) is 6.76. The van der Waals surface area contributed by atoms with Crippen LogP contribution < -0.4 is 16.0 Å². The lowest BCUT2D eigenvalue weighted by Gasteiger charge is -2.40. The van der Waals surface area contributed by atoms with Gasteiger partial charge in [-0.1, -0.05) is 76.8 Å². The number of piperidine rings is 1. The zero-order chi connectivity index (χ0) is 23.3. The minimum Gasteiger partial charge on any atom is -0.391 e. The fourth-order valence-electron chi connectivity index (χ4n) is 4.23. The van der Waals surface area contributed by atoms with Gasteiger partial charge < -0.3 is 20.9 Å². The van der Waals surface area contributed by atoms with Gasteiger partial charge in [0.2, 0.25) is 0 Å². The average molecular weight is 435 g/mol. The summed E-state index contributed by atoms with van der Waals surface area (Å²) in [6.45, 7) is 24.7. The number of rotatable bonds is 15. The van der Waals surface area contributed by atoms with E-state index in [1.54, 1.807) is 6.20 Å². The minimum absolute atomic E-state index is 0.125. The van der Waals surface area contributed by atoms with Crippen molar-refractivity contribution < 1.29 is 0 Å². The molecule has 1 atom stereocenters. The summed E-state index contributed by atoms with van der Waals surface area (Å²) in [6.07, 6.45) is 11.1. The number of benzene rings is 1. The molecule has 0 aromatic heterocycles. The second-order valence-corrected chi connectivity index (χ2v) is 8.61. The van der Waals surface area contributed by atoms with Crippen molar-refractivity contribution in [3.63, 3.8) is 0 Å². The summed E-state index contributed by atoms with van der Waals surface area (Å²) in [5, 5.41) is 10.1. The first-order valence-corrected chi connectivity index (χ1v) is 11.9. The predicted molar refractivity (Wildman–Crippen MR) is 141 cm³/mol. The molecule has 4 heteroatoms. The second kappa shape index (κ2) is 13.5. The van der Waals surface area contributed by atoms with Gasteiger partial charge in [-0.05, 0) is 44.9 Å². The number of allylic oxidation sites excluding steroid dienone is 2. The van der Waals surface area contributed by atoms with Crippen LogP contribution in [0.25, 0.3) is 5.70 Å². The van der Waals surface area contributed by atoms with Crippen LogP contribution in [0.4, 0.5) is 5.69 Å². The highest BCUT2D eigenvalue weighted by atomic mass is 15.2. The van der Waals surface area contributed by atoms with Gasteiger partial charge in [0.1, 0.15) is 0 Å². The van der Waals surface area contributed by atoms with E-state index < -0.39 is 0 Å². The molecular weight excluding hydrogens is 392 g/mol. The molecule has 1 unspecified atom stereocenters. The van der Waals surface area contributed by atoms with Crippen molar-refractivity contribution in [1.29, 1.82) is 0 Å². The van der Waals surface area contributed by atoms with Crippen molar-refractivity contribution in [1.82, 2.24) is 15.5 Å². The third-order valence-corrected chi connectivity index (χ3v) is 5.92. The van der Waals surface area contributed by atoms with Gasteiger partial charge in [0.05, 0.1) is 6.04 Å². The van der Waals surface area contributed by atoms with E-state index in [9.17, 15) is 0 Å². The van der Waals surface area contributed by atoms with Crippen LogP contribution in [-0.2, 0) is 0 Å². The number of hydrogen-bond donors (Lipinski definition) is 3. The first kappa shape index (κ1) is 25.4. The number of nitrogens with one attached hydrogen (secondary N) is 3. The van der Waals surface area contributed by atoms with Crippen molar-refractivity contribution in [2.24, 2.45) is 0 Å². The summed E-state index contributed by atoms with van der Waals surface area (Å²) in [6, 6.07) is 8.54. The maximum absolute atomic E-state index is 4.46. The fourth-order valence-corrected chi connectivity index (χ4v) is 4.23. The normalized spacial score (nSPS) is 15.6. The lowest BCUT2D eigenvalue weighted by molar-refractivity contribution is 0.350. The molecule has 0 bridgehead atoms. The molecule has 3 N–H and O–H groups in total. The van der Waals surface area contributed by atoms with Crippen LogP contribution in [0, 0.1) is 0 Å². The van der Waals surface area contributed by atoms with Crippen LogP contribution in [0.5, 0.6) is 0 Å². The zero-order valence-electron chi connectivity index (χ0n) is 20.0. The Hall–Kier alpha value is -2.88. The quantitative estimate of drug-likeness (QED) is 0.267. The highest BCUT2D eigenvalue weighted by Crippen LogP contribution is 2.34. The van der Waals surface area contributed by atoms with Crippen LogP contribution in [0.1, 0.15) is 63.9 Å². The van der Waals surface area contributed by atoms with E-state index in [0.29, 0.717) is 0 Å². The summed E-state index contributed by atoms with van der Waals surface area (Å²) in [5.41, 5.74) is 6.13.